The maximum Gasteiger partial charge on any atom is 0.226 e. The van der Waals surface area contributed by atoms with Gasteiger partial charge in [0.1, 0.15) is 22.2 Å². The van der Waals surface area contributed by atoms with Gasteiger partial charge >= 0.3 is 0 Å². The van der Waals surface area contributed by atoms with Gasteiger partial charge in [-0.05, 0) is 96.7 Å². The molecule has 4 aliphatic carbocycles. The summed E-state index contributed by atoms with van der Waals surface area (Å²) in [6.45, 7) is 72.1. The predicted molar refractivity (Wildman–Crippen MR) is 369 cm³/mol. The Morgan fingerprint density at radius 1 is 0.244 bits per heavy atom. The highest BCUT2D eigenvalue weighted by atomic mass is 32.1. The van der Waals surface area contributed by atoms with Crippen LogP contribution in [0.5, 0.6) is 0 Å². The quantitative estimate of drug-likeness (QED) is 0.149. The van der Waals surface area contributed by atoms with E-state index in [1.54, 1.807) is 0 Å². The van der Waals surface area contributed by atoms with E-state index in [4.69, 9.17) is 0 Å². The summed E-state index contributed by atoms with van der Waals surface area (Å²) in [5.74, 6) is 1.59. The van der Waals surface area contributed by atoms with Crippen molar-refractivity contribution < 1.29 is 38.4 Å². The summed E-state index contributed by atoms with van der Waals surface area (Å²) in [7, 11) is 0. The fourth-order valence-corrected chi connectivity index (χ4v) is 11.5. The van der Waals surface area contributed by atoms with Crippen molar-refractivity contribution in [1.29, 1.82) is 0 Å². The van der Waals surface area contributed by atoms with E-state index in [0.29, 0.717) is 0 Å². The van der Waals surface area contributed by atoms with Crippen LogP contribution >= 0.6 is 27.0 Å². The zero-order valence-electron chi connectivity index (χ0n) is 62.2. The van der Waals surface area contributed by atoms with Gasteiger partial charge in [-0.15, -0.1) is 0 Å². The molecule has 4 N–H and O–H groups in total. The molecule has 12 nitrogen and oxygen atoms in total. The summed E-state index contributed by atoms with van der Waals surface area (Å²) in [6.07, 6.45) is 6.95. The van der Waals surface area contributed by atoms with Crippen molar-refractivity contribution in [2.75, 3.05) is 0 Å². The highest BCUT2D eigenvalue weighted by molar-refractivity contribution is 7.59. The average molecular weight is 1250 g/mol. The molecule has 504 valence electrons. The van der Waals surface area contributed by atoms with Gasteiger partial charge in [-0.2, -0.15) is 27.0 Å². The summed E-state index contributed by atoms with van der Waals surface area (Å²) in [5, 5.41) is 12.4. The third-order valence-electron chi connectivity index (χ3n) is 16.3. The summed E-state index contributed by atoms with van der Waals surface area (Å²) >= 11 is 0. The van der Waals surface area contributed by atoms with Crippen LogP contribution < -0.4 is 21.3 Å². The molecule has 0 unspecified atom stereocenters. The normalized spacial score (nSPS) is 25.8. The second-order valence-corrected chi connectivity index (χ2v) is 39.7. The third-order valence-corrected chi connectivity index (χ3v) is 16.3. The Kier molecular flexibility index (Phi) is 27.0. The maximum atomic E-state index is 12.9. The Morgan fingerprint density at radius 2 is 0.360 bits per heavy atom. The molecule has 0 aliphatic heterocycles. The lowest BCUT2D eigenvalue weighted by atomic mass is 9.80. The topological polar surface area (TPSA) is 185 Å². The van der Waals surface area contributed by atoms with E-state index in [1.165, 1.54) is 0 Å². The Balaban J connectivity index is 0. The van der Waals surface area contributed by atoms with Gasteiger partial charge in [0.2, 0.25) is 23.6 Å². The van der Waals surface area contributed by atoms with Crippen LogP contribution in [0.4, 0.5) is 0 Å². The number of hydrogen-bond donors (Lipinski definition) is 4. The highest BCUT2D eigenvalue weighted by Gasteiger charge is 2.67. The van der Waals surface area contributed by atoms with Crippen LogP contribution in [0, 0.1) is 88.7 Å². The number of rotatable bonds is 12. The van der Waals surface area contributed by atoms with Crippen molar-refractivity contribution in [2.24, 2.45) is 88.7 Å². The van der Waals surface area contributed by atoms with Crippen LogP contribution in [0.2, 0.25) is 0 Å². The molecule has 0 radical (unpaired) electrons. The highest BCUT2D eigenvalue weighted by Crippen LogP contribution is 2.57. The minimum atomic E-state index is -0.643. The first-order valence-electron chi connectivity index (χ1n) is 31.9. The van der Waals surface area contributed by atoms with E-state index in [9.17, 15) is 38.4 Å². The van der Waals surface area contributed by atoms with E-state index in [2.05, 4.69) is 104 Å². The van der Waals surface area contributed by atoms with Gasteiger partial charge in [0, 0.05) is 43.3 Å². The number of amides is 4. The molecule has 4 saturated carbocycles. The van der Waals surface area contributed by atoms with Crippen molar-refractivity contribution in [3.05, 3.63) is 0 Å². The standard InChI is InChI=1S/4C18H33NO2.2H2S/c4*1-15(2,3)10-12-11-18(12,13(20)16(4,5)6)19-14(21)17(7,8)9;;/h4*12H,10-11H2,1-9H3,(H,19,21);2*1H2/t2*12-,18+;2*12-,18-;;/m1010../s1. The van der Waals surface area contributed by atoms with Crippen molar-refractivity contribution >= 4 is 73.8 Å². The Morgan fingerprint density at radius 3 is 0.442 bits per heavy atom. The van der Waals surface area contributed by atoms with E-state index in [1.807, 2.05) is 166 Å². The number of carbonyl (C=O) groups excluding carboxylic acids is 8. The van der Waals surface area contributed by atoms with Gasteiger partial charge in [0.25, 0.3) is 0 Å². The van der Waals surface area contributed by atoms with Gasteiger partial charge in [0.15, 0.2) is 23.1 Å². The van der Waals surface area contributed by atoms with Crippen LogP contribution in [-0.4, -0.2) is 68.9 Å². The fraction of sp³-hybridized carbons (Fsp3) is 0.889. The molecule has 14 heteroatoms. The third kappa shape index (κ3) is 24.8. The first kappa shape index (κ1) is 85.3. The van der Waals surface area contributed by atoms with Crippen LogP contribution in [0.25, 0.3) is 0 Å². The van der Waals surface area contributed by atoms with Crippen LogP contribution in [-0.2, 0) is 38.4 Å². The maximum absolute atomic E-state index is 12.9. The lowest BCUT2D eigenvalue weighted by molar-refractivity contribution is -0.137. The first-order chi connectivity index (χ1) is 36.4. The van der Waals surface area contributed by atoms with Gasteiger partial charge in [-0.25, -0.2) is 0 Å². The number of ketones is 4. The summed E-state index contributed by atoms with van der Waals surface area (Å²) in [6, 6.07) is 0. The number of hydrogen-bond acceptors (Lipinski definition) is 8. The van der Waals surface area contributed by atoms with Crippen molar-refractivity contribution in [1.82, 2.24) is 21.3 Å². The molecule has 4 fully saturated rings. The van der Waals surface area contributed by atoms with Crippen molar-refractivity contribution in [3.8, 4) is 0 Å². The number of Topliss-reactive ketones (excluding diaryl/α,β-unsaturated/α-hetero) is 4. The van der Waals surface area contributed by atoms with Crippen molar-refractivity contribution in [2.45, 2.75) is 323 Å². The second kappa shape index (κ2) is 27.2. The van der Waals surface area contributed by atoms with Gasteiger partial charge in [-0.3, -0.25) is 38.4 Å². The van der Waals surface area contributed by atoms with Crippen LogP contribution in [0.15, 0.2) is 0 Å². The zero-order valence-corrected chi connectivity index (χ0v) is 64.2. The van der Waals surface area contributed by atoms with Gasteiger partial charge in [0.05, 0.1) is 0 Å². The molecule has 4 rings (SSSR count). The summed E-state index contributed by atoms with van der Waals surface area (Å²) < 4.78 is 0. The Bertz CT molecular complexity index is 2080. The van der Waals surface area contributed by atoms with E-state index in [0.717, 1.165) is 51.4 Å². The van der Waals surface area contributed by atoms with E-state index >= 15 is 0 Å². The molecule has 4 aliphatic rings. The molecule has 0 heterocycles. The fourth-order valence-electron chi connectivity index (χ4n) is 11.5. The van der Waals surface area contributed by atoms with E-state index in [-0.39, 0.29) is 119 Å². The molecule has 0 aromatic carbocycles. The molecule has 0 saturated heterocycles. The molecule has 0 spiro atoms. The lowest BCUT2D eigenvalue weighted by Crippen LogP contribution is -2.52. The van der Waals surface area contributed by atoms with E-state index < -0.39 is 65.5 Å². The smallest absolute Gasteiger partial charge is 0.226 e. The minimum Gasteiger partial charge on any atom is -0.343 e. The molecule has 0 aromatic heterocycles. The molecule has 0 bridgehead atoms. The predicted octanol–water partition coefficient (Wildman–Crippen LogP) is 16.1. The zero-order chi connectivity index (χ0) is 67.4. The van der Waals surface area contributed by atoms with Gasteiger partial charge < -0.3 is 21.3 Å². The largest absolute Gasteiger partial charge is 0.343 e. The molecule has 4 amide bonds. The van der Waals surface area contributed by atoms with Gasteiger partial charge in [-0.1, -0.05) is 249 Å². The number of nitrogens with one attached hydrogen (secondary N) is 4. The lowest BCUT2D eigenvalue weighted by Gasteiger charge is -2.30. The second-order valence-electron chi connectivity index (χ2n) is 39.7. The first-order valence-corrected chi connectivity index (χ1v) is 31.9. The molecule has 0 aromatic rings. The number of carbonyl (C=O) groups is 8. The minimum absolute atomic E-state index is 0. The molecule has 8 atom stereocenters. The van der Waals surface area contributed by atoms with Crippen LogP contribution in [0.1, 0.15) is 301 Å². The SMILES string of the molecule is CC(C)(C)C[C@@H]1C[C@@]1(NC(=O)C(C)(C)C)C(=O)C(C)(C)C.CC(C)(C)C[C@@H]1C[C@]1(NC(=O)C(C)(C)C)C(=O)C(C)(C)C.CC(C)(C)C[C@H]1C[C@@]1(NC(=O)C(C)(C)C)C(=O)C(C)(C)C.CC(C)(C)C[C@H]1C[C@]1(NC(=O)C(C)(C)C)C(=O)C(C)(C)C.S.S. The molecular weight excluding hydrogens is 1110 g/mol. The summed E-state index contributed by atoms with van der Waals surface area (Å²) in [5.41, 5.74) is -5.54. The van der Waals surface area contributed by atoms with Crippen LogP contribution in [0.3, 0.4) is 0 Å². The molecule has 86 heavy (non-hydrogen) atoms. The monoisotopic (exact) mass is 1250 g/mol. The Labute approximate surface area is 542 Å². The summed E-state index contributed by atoms with van der Waals surface area (Å²) in [4.78, 5) is 101. The Hall–Kier alpha value is -2.74. The van der Waals surface area contributed by atoms with Crippen molar-refractivity contribution in [3.63, 3.8) is 0 Å². The molecular formula is C72H136N4O8S2. The average Bonchev–Trinajstić information content (AvgIpc) is 4.16.